The molecule has 3 heterocycles. The molecule has 1 aliphatic rings. The van der Waals surface area contributed by atoms with Crippen LogP contribution in [-0.4, -0.2) is 34.3 Å². The number of halogens is 1. The van der Waals surface area contributed by atoms with Gasteiger partial charge < -0.3 is 10.0 Å². The number of β-amino-alcohol motifs (C(OH)–C–C–N with tert-alkyl or cyclic N) is 1. The summed E-state index contributed by atoms with van der Waals surface area (Å²) in [4.78, 5) is 15.5. The summed E-state index contributed by atoms with van der Waals surface area (Å²) in [5.74, 6) is 2.57. The number of fused-ring (bicyclic) bond motifs is 1. The van der Waals surface area contributed by atoms with Crippen molar-refractivity contribution in [2.24, 2.45) is 0 Å². The lowest BCUT2D eigenvalue weighted by Crippen LogP contribution is -2.23. The van der Waals surface area contributed by atoms with Crippen LogP contribution < -0.4 is 4.90 Å². The predicted octanol–water partition coefficient (Wildman–Crippen LogP) is 4.93. The second-order valence-corrected chi connectivity index (χ2v) is 9.73. The summed E-state index contributed by atoms with van der Waals surface area (Å²) in [6.07, 6.45) is 0.539. The first-order valence-electron chi connectivity index (χ1n) is 8.59. The summed E-state index contributed by atoms with van der Waals surface area (Å²) in [5, 5.41) is 11.1. The first kappa shape index (κ1) is 18.2. The van der Waals surface area contributed by atoms with Gasteiger partial charge in [-0.1, -0.05) is 15.9 Å². The van der Waals surface area contributed by atoms with Gasteiger partial charge in [0.1, 0.15) is 16.5 Å². The maximum absolute atomic E-state index is 9.96. The number of rotatable bonds is 4. The fraction of sp³-hybridized carbons (Fsp3) is 0.368. The van der Waals surface area contributed by atoms with Crippen LogP contribution in [0.25, 0.3) is 10.2 Å². The zero-order chi connectivity index (χ0) is 18.3. The second kappa shape index (κ2) is 7.46. The lowest BCUT2D eigenvalue weighted by Gasteiger charge is -2.19. The van der Waals surface area contributed by atoms with Gasteiger partial charge in [-0.25, -0.2) is 9.97 Å². The van der Waals surface area contributed by atoms with Crippen LogP contribution in [0.15, 0.2) is 33.6 Å². The molecule has 136 valence electrons. The van der Waals surface area contributed by atoms with Crippen LogP contribution >= 0.6 is 39.0 Å². The summed E-state index contributed by atoms with van der Waals surface area (Å²) >= 11 is 6.95. The van der Waals surface area contributed by atoms with Crippen molar-refractivity contribution in [1.82, 2.24) is 9.97 Å². The number of hydrogen-bond acceptors (Lipinski definition) is 6. The fourth-order valence-corrected chi connectivity index (χ4v) is 5.24. The number of benzene rings is 1. The van der Waals surface area contributed by atoms with Gasteiger partial charge in [-0.05, 0) is 50.1 Å². The molecule has 4 rings (SSSR count). The Hall–Kier alpha value is -1.15. The molecule has 0 unspecified atom stereocenters. The standard InChI is InChI=1S/C19H20BrN3OS2/c1-11-12(2)26-19-17(11)18(23-8-7-14(24)9-23)21-16(22-19)10-25-15-5-3-13(20)4-6-15/h3-6,14,24H,7-10H2,1-2H3/t14-/m0/s1. The third-order valence-electron chi connectivity index (χ3n) is 4.70. The van der Waals surface area contributed by atoms with Crippen molar-refractivity contribution in [2.75, 3.05) is 18.0 Å². The van der Waals surface area contributed by atoms with Crippen molar-refractivity contribution in [3.05, 3.63) is 45.0 Å². The van der Waals surface area contributed by atoms with Gasteiger partial charge in [0.15, 0.2) is 0 Å². The zero-order valence-corrected chi connectivity index (χ0v) is 17.9. The lowest BCUT2D eigenvalue weighted by molar-refractivity contribution is 0.198. The van der Waals surface area contributed by atoms with E-state index in [1.807, 2.05) is 0 Å². The fourth-order valence-electron chi connectivity index (χ4n) is 3.18. The third-order valence-corrected chi connectivity index (χ3v) is 7.34. The number of aliphatic hydroxyl groups is 1. The van der Waals surface area contributed by atoms with Gasteiger partial charge in [0.25, 0.3) is 0 Å². The highest BCUT2D eigenvalue weighted by atomic mass is 79.9. The van der Waals surface area contributed by atoms with E-state index in [9.17, 15) is 5.11 Å². The molecule has 4 nitrogen and oxygen atoms in total. The van der Waals surface area contributed by atoms with Crippen molar-refractivity contribution >= 4 is 55.1 Å². The van der Waals surface area contributed by atoms with Crippen molar-refractivity contribution in [3.8, 4) is 0 Å². The van der Waals surface area contributed by atoms with E-state index in [0.717, 1.165) is 45.1 Å². The molecule has 0 radical (unpaired) electrons. The van der Waals surface area contributed by atoms with Crippen molar-refractivity contribution in [1.29, 1.82) is 0 Å². The summed E-state index contributed by atoms with van der Waals surface area (Å²) in [7, 11) is 0. The minimum atomic E-state index is -0.263. The van der Waals surface area contributed by atoms with Crippen LogP contribution in [0.5, 0.6) is 0 Å². The van der Waals surface area contributed by atoms with Crippen LogP contribution in [0, 0.1) is 13.8 Å². The van der Waals surface area contributed by atoms with Gasteiger partial charge in [0.05, 0.1) is 17.2 Å². The SMILES string of the molecule is Cc1sc2nc(CSc3ccc(Br)cc3)nc(N3CC[C@H](O)C3)c2c1C. The molecule has 7 heteroatoms. The van der Waals surface area contributed by atoms with E-state index in [4.69, 9.17) is 9.97 Å². The van der Waals surface area contributed by atoms with Crippen molar-refractivity contribution in [3.63, 3.8) is 0 Å². The molecule has 0 saturated carbocycles. The number of anilines is 1. The monoisotopic (exact) mass is 449 g/mol. The highest BCUT2D eigenvalue weighted by molar-refractivity contribution is 9.10. The summed E-state index contributed by atoms with van der Waals surface area (Å²) in [6, 6.07) is 8.31. The molecule has 2 aromatic heterocycles. The average molecular weight is 450 g/mol. The number of aryl methyl sites for hydroxylation is 2. The predicted molar refractivity (Wildman–Crippen MR) is 113 cm³/mol. The van der Waals surface area contributed by atoms with E-state index in [-0.39, 0.29) is 6.10 Å². The van der Waals surface area contributed by atoms with Gasteiger partial charge in [-0.3, -0.25) is 0 Å². The number of thioether (sulfide) groups is 1. The Bertz CT molecular complexity index is 942. The molecule has 0 bridgehead atoms. The van der Waals surface area contributed by atoms with Gasteiger partial charge in [0.2, 0.25) is 0 Å². The first-order chi connectivity index (χ1) is 12.5. The maximum Gasteiger partial charge on any atom is 0.142 e. The minimum absolute atomic E-state index is 0.263. The Morgan fingerprint density at radius 3 is 2.73 bits per heavy atom. The number of nitrogens with zero attached hydrogens (tertiary/aromatic N) is 3. The molecule has 3 aromatic rings. The topological polar surface area (TPSA) is 49.2 Å². The number of aliphatic hydroxyl groups excluding tert-OH is 1. The third kappa shape index (κ3) is 3.63. The molecule has 1 aromatic carbocycles. The quantitative estimate of drug-likeness (QED) is 0.571. The van der Waals surface area contributed by atoms with Crippen molar-refractivity contribution in [2.45, 2.75) is 37.0 Å². The molecule has 0 spiro atoms. The van der Waals surface area contributed by atoms with Crippen LogP contribution in [-0.2, 0) is 5.75 Å². The molecule has 1 fully saturated rings. The van der Waals surface area contributed by atoms with Gasteiger partial charge in [-0.15, -0.1) is 23.1 Å². The van der Waals surface area contributed by atoms with E-state index < -0.39 is 0 Å². The molecular formula is C19H20BrN3OS2. The Balaban J connectivity index is 1.68. The van der Waals surface area contributed by atoms with Crippen LogP contribution in [0.2, 0.25) is 0 Å². The lowest BCUT2D eigenvalue weighted by atomic mass is 10.2. The highest BCUT2D eigenvalue weighted by Crippen LogP contribution is 2.37. The van der Waals surface area contributed by atoms with Crippen LogP contribution in [0.1, 0.15) is 22.7 Å². The Morgan fingerprint density at radius 2 is 2.04 bits per heavy atom. The molecule has 1 aliphatic heterocycles. The summed E-state index contributed by atoms with van der Waals surface area (Å²) < 4.78 is 1.08. The van der Waals surface area contributed by atoms with Gasteiger partial charge >= 0.3 is 0 Å². The smallest absolute Gasteiger partial charge is 0.142 e. The molecule has 1 saturated heterocycles. The van der Waals surface area contributed by atoms with E-state index >= 15 is 0 Å². The first-order valence-corrected chi connectivity index (χ1v) is 11.2. The van der Waals surface area contributed by atoms with Gasteiger partial charge in [0, 0.05) is 27.3 Å². The summed E-state index contributed by atoms with van der Waals surface area (Å²) in [6.45, 7) is 5.78. The summed E-state index contributed by atoms with van der Waals surface area (Å²) in [5.41, 5.74) is 1.26. The Kier molecular flexibility index (Phi) is 5.23. The number of hydrogen-bond donors (Lipinski definition) is 1. The highest BCUT2D eigenvalue weighted by Gasteiger charge is 2.25. The Labute approximate surface area is 169 Å². The largest absolute Gasteiger partial charge is 0.391 e. The zero-order valence-electron chi connectivity index (χ0n) is 14.7. The maximum atomic E-state index is 9.96. The van der Waals surface area contributed by atoms with Gasteiger partial charge in [-0.2, -0.15) is 0 Å². The van der Waals surface area contributed by atoms with Crippen LogP contribution in [0.4, 0.5) is 5.82 Å². The van der Waals surface area contributed by atoms with E-state index in [1.165, 1.54) is 15.3 Å². The molecular weight excluding hydrogens is 430 g/mol. The van der Waals surface area contributed by atoms with E-state index in [2.05, 4.69) is 58.9 Å². The normalized spacial score (nSPS) is 17.4. The average Bonchev–Trinajstić information content (AvgIpc) is 3.18. The number of thiophene rings is 1. The minimum Gasteiger partial charge on any atom is -0.391 e. The van der Waals surface area contributed by atoms with Crippen molar-refractivity contribution < 1.29 is 5.11 Å². The van der Waals surface area contributed by atoms with Crippen LogP contribution in [0.3, 0.4) is 0 Å². The molecule has 26 heavy (non-hydrogen) atoms. The van der Waals surface area contributed by atoms with E-state index in [1.54, 1.807) is 23.1 Å². The molecule has 1 N–H and O–H groups in total. The van der Waals surface area contributed by atoms with E-state index in [0.29, 0.717) is 6.54 Å². The second-order valence-electron chi connectivity index (χ2n) is 6.56. The molecule has 0 amide bonds. The molecule has 1 atom stereocenters. The molecule has 0 aliphatic carbocycles. The Morgan fingerprint density at radius 1 is 1.27 bits per heavy atom. The number of aromatic nitrogens is 2.